The Hall–Kier alpha value is -1.15. The zero-order chi connectivity index (χ0) is 9.10. The van der Waals surface area contributed by atoms with E-state index in [9.17, 15) is 4.79 Å². The Morgan fingerprint density at radius 1 is 1.23 bits per heavy atom. The minimum absolute atomic E-state index is 0.0648. The van der Waals surface area contributed by atoms with E-state index in [-0.39, 0.29) is 18.3 Å². The summed E-state index contributed by atoms with van der Waals surface area (Å²) in [5.41, 5.74) is 1.12. The fraction of sp³-hybridized carbons (Fsp3) is 0.364. The van der Waals surface area contributed by atoms with Gasteiger partial charge in [-0.25, -0.2) is 0 Å². The fourth-order valence-electron chi connectivity index (χ4n) is 1.67. The monoisotopic (exact) mass is 176 g/mol. The van der Waals surface area contributed by atoms with Crippen LogP contribution in [0.3, 0.4) is 0 Å². The first-order valence-electron chi connectivity index (χ1n) is 4.53. The first-order valence-corrected chi connectivity index (χ1v) is 4.53. The Morgan fingerprint density at radius 3 is 2.69 bits per heavy atom. The first-order chi connectivity index (χ1) is 6.38. The number of carbonyl (C=O) groups excluding carboxylic acids is 1. The van der Waals surface area contributed by atoms with Crippen molar-refractivity contribution < 1.29 is 9.53 Å². The number of Topliss-reactive ketones (excluding diaryl/α,β-unsaturated/α-hetero) is 1. The lowest BCUT2D eigenvalue weighted by Gasteiger charge is -2.20. The SMILES string of the molecule is O=C1COCC[C@@H]1c1ccccc1. The number of benzene rings is 1. The van der Waals surface area contributed by atoms with Gasteiger partial charge < -0.3 is 4.74 Å². The molecule has 0 aliphatic carbocycles. The van der Waals surface area contributed by atoms with Gasteiger partial charge in [0.2, 0.25) is 0 Å². The van der Waals surface area contributed by atoms with E-state index in [1.807, 2.05) is 30.3 Å². The molecule has 1 aliphatic rings. The zero-order valence-electron chi connectivity index (χ0n) is 7.40. The summed E-state index contributed by atoms with van der Waals surface area (Å²) in [5, 5.41) is 0. The highest BCUT2D eigenvalue weighted by Gasteiger charge is 2.23. The maximum atomic E-state index is 11.5. The van der Waals surface area contributed by atoms with E-state index in [0.717, 1.165) is 12.0 Å². The Labute approximate surface area is 77.5 Å². The third-order valence-electron chi connectivity index (χ3n) is 2.39. The van der Waals surface area contributed by atoms with Gasteiger partial charge in [-0.15, -0.1) is 0 Å². The largest absolute Gasteiger partial charge is 0.374 e. The second-order valence-electron chi connectivity index (χ2n) is 3.27. The molecule has 0 spiro atoms. The van der Waals surface area contributed by atoms with Gasteiger partial charge in [0.15, 0.2) is 5.78 Å². The highest BCUT2D eigenvalue weighted by molar-refractivity contribution is 5.87. The van der Waals surface area contributed by atoms with Gasteiger partial charge in [0.25, 0.3) is 0 Å². The van der Waals surface area contributed by atoms with Crippen molar-refractivity contribution in [2.24, 2.45) is 0 Å². The molecule has 2 nitrogen and oxygen atoms in total. The van der Waals surface area contributed by atoms with E-state index in [2.05, 4.69) is 0 Å². The molecule has 1 aromatic rings. The van der Waals surface area contributed by atoms with Crippen molar-refractivity contribution in [2.45, 2.75) is 12.3 Å². The van der Waals surface area contributed by atoms with Gasteiger partial charge >= 0.3 is 0 Å². The maximum absolute atomic E-state index is 11.5. The van der Waals surface area contributed by atoms with Crippen molar-refractivity contribution in [3.8, 4) is 0 Å². The maximum Gasteiger partial charge on any atom is 0.165 e. The Kier molecular flexibility index (Phi) is 2.41. The molecule has 1 atom stereocenters. The molecule has 68 valence electrons. The van der Waals surface area contributed by atoms with Crippen LogP contribution in [0.1, 0.15) is 17.9 Å². The Morgan fingerprint density at radius 2 is 2.00 bits per heavy atom. The summed E-state index contributed by atoms with van der Waals surface area (Å²) in [6.07, 6.45) is 0.822. The van der Waals surface area contributed by atoms with Gasteiger partial charge in [-0.3, -0.25) is 4.79 Å². The fourth-order valence-corrected chi connectivity index (χ4v) is 1.67. The molecule has 0 amide bonds. The average Bonchev–Trinajstić information content (AvgIpc) is 2.20. The predicted octanol–water partition coefficient (Wildman–Crippen LogP) is 1.76. The zero-order valence-corrected chi connectivity index (χ0v) is 7.40. The van der Waals surface area contributed by atoms with E-state index in [0.29, 0.717) is 6.61 Å². The molecule has 1 saturated heterocycles. The smallest absolute Gasteiger partial charge is 0.165 e. The van der Waals surface area contributed by atoms with Crippen molar-refractivity contribution in [3.63, 3.8) is 0 Å². The molecule has 1 heterocycles. The van der Waals surface area contributed by atoms with Gasteiger partial charge in [-0.1, -0.05) is 30.3 Å². The molecule has 0 saturated carbocycles. The van der Waals surface area contributed by atoms with Gasteiger partial charge in [-0.2, -0.15) is 0 Å². The van der Waals surface area contributed by atoms with Crippen molar-refractivity contribution in [3.05, 3.63) is 35.9 Å². The van der Waals surface area contributed by atoms with Crippen molar-refractivity contribution >= 4 is 5.78 Å². The molecule has 1 aromatic carbocycles. The van der Waals surface area contributed by atoms with Crippen LogP contribution >= 0.6 is 0 Å². The lowest BCUT2D eigenvalue weighted by molar-refractivity contribution is -0.129. The standard InChI is InChI=1S/C11H12O2/c12-11-8-13-7-6-10(11)9-4-2-1-3-5-9/h1-5,10H,6-8H2/t10-/m1/s1. The number of ketones is 1. The van der Waals surface area contributed by atoms with Gasteiger partial charge in [-0.05, 0) is 12.0 Å². The molecule has 2 rings (SSSR count). The van der Waals surface area contributed by atoms with Crippen LogP contribution in [0, 0.1) is 0 Å². The summed E-state index contributed by atoms with van der Waals surface area (Å²) in [6, 6.07) is 9.92. The summed E-state index contributed by atoms with van der Waals surface area (Å²) in [7, 11) is 0. The molecule has 1 aliphatic heterocycles. The predicted molar refractivity (Wildman–Crippen MR) is 49.6 cm³/mol. The number of hydrogen-bond acceptors (Lipinski definition) is 2. The highest BCUT2D eigenvalue weighted by Crippen LogP contribution is 2.23. The van der Waals surface area contributed by atoms with E-state index in [1.165, 1.54) is 0 Å². The summed E-state index contributed by atoms with van der Waals surface area (Å²) >= 11 is 0. The van der Waals surface area contributed by atoms with Crippen LogP contribution in [0.15, 0.2) is 30.3 Å². The van der Waals surface area contributed by atoms with Gasteiger partial charge in [0.1, 0.15) is 6.61 Å². The molecule has 0 N–H and O–H groups in total. The molecule has 0 radical (unpaired) electrons. The van der Waals surface area contributed by atoms with Crippen molar-refractivity contribution in [2.75, 3.05) is 13.2 Å². The van der Waals surface area contributed by atoms with Crippen LogP contribution < -0.4 is 0 Å². The minimum atomic E-state index is 0.0648. The Balaban J connectivity index is 2.20. The van der Waals surface area contributed by atoms with Crippen LogP contribution in [0.2, 0.25) is 0 Å². The van der Waals surface area contributed by atoms with Crippen molar-refractivity contribution in [1.82, 2.24) is 0 Å². The van der Waals surface area contributed by atoms with Crippen molar-refractivity contribution in [1.29, 1.82) is 0 Å². The summed E-state index contributed by atoms with van der Waals surface area (Å²) in [6.45, 7) is 0.977. The van der Waals surface area contributed by atoms with E-state index < -0.39 is 0 Å². The number of hydrogen-bond donors (Lipinski definition) is 0. The molecule has 2 heteroatoms. The van der Waals surface area contributed by atoms with Crippen LogP contribution in [-0.2, 0) is 9.53 Å². The van der Waals surface area contributed by atoms with Gasteiger partial charge in [0.05, 0.1) is 0 Å². The molecule has 0 bridgehead atoms. The molecule has 13 heavy (non-hydrogen) atoms. The normalized spacial score (nSPS) is 23.1. The van der Waals surface area contributed by atoms with Crippen LogP contribution in [0.25, 0.3) is 0 Å². The minimum Gasteiger partial charge on any atom is -0.374 e. The third kappa shape index (κ3) is 1.78. The number of carbonyl (C=O) groups is 1. The molecule has 0 unspecified atom stereocenters. The van der Waals surface area contributed by atoms with Crippen LogP contribution in [0.4, 0.5) is 0 Å². The molecular formula is C11H12O2. The van der Waals surface area contributed by atoms with E-state index >= 15 is 0 Å². The third-order valence-corrected chi connectivity index (χ3v) is 2.39. The lowest BCUT2D eigenvalue weighted by atomic mass is 9.91. The second kappa shape index (κ2) is 3.71. The van der Waals surface area contributed by atoms with E-state index in [1.54, 1.807) is 0 Å². The molecular weight excluding hydrogens is 164 g/mol. The summed E-state index contributed by atoms with van der Waals surface area (Å²) < 4.78 is 5.08. The van der Waals surface area contributed by atoms with E-state index in [4.69, 9.17) is 4.74 Å². The Bertz CT molecular complexity index is 292. The number of rotatable bonds is 1. The van der Waals surface area contributed by atoms with Crippen LogP contribution in [0.5, 0.6) is 0 Å². The van der Waals surface area contributed by atoms with Gasteiger partial charge in [0, 0.05) is 12.5 Å². The molecule has 0 aromatic heterocycles. The average molecular weight is 176 g/mol. The lowest BCUT2D eigenvalue weighted by Crippen LogP contribution is -2.25. The number of ether oxygens (including phenoxy) is 1. The summed E-state index contributed by atoms with van der Waals surface area (Å²) in [4.78, 5) is 11.5. The highest BCUT2D eigenvalue weighted by atomic mass is 16.5. The first kappa shape index (κ1) is 8.45. The topological polar surface area (TPSA) is 26.3 Å². The summed E-state index contributed by atoms with van der Waals surface area (Å²) in [5.74, 6) is 0.271. The second-order valence-corrected chi connectivity index (χ2v) is 3.27. The quantitative estimate of drug-likeness (QED) is 0.651. The molecule has 1 fully saturated rings. The van der Waals surface area contributed by atoms with Crippen LogP contribution in [-0.4, -0.2) is 19.0 Å².